The summed E-state index contributed by atoms with van der Waals surface area (Å²) in [7, 11) is 0. The molecular weight excluding hydrogens is 679 g/mol. The molecular formula is C21H32F6N12OS4. The number of hydrogen-bond acceptors (Lipinski definition) is 11. The lowest BCUT2D eigenvalue weighted by Gasteiger charge is -2.07. The zero-order valence-electron chi connectivity index (χ0n) is 23.0. The van der Waals surface area contributed by atoms with Crippen molar-refractivity contribution in [1.82, 2.24) is 28.9 Å². The van der Waals surface area contributed by atoms with Crippen molar-refractivity contribution in [2.24, 2.45) is 21.5 Å². The number of nitrogens with two attached hydrogens (primary N) is 2. The smallest absolute Gasteiger partial charge is 0.370 e. The van der Waals surface area contributed by atoms with Gasteiger partial charge in [0.05, 0.1) is 11.4 Å². The lowest BCUT2D eigenvalue weighted by atomic mass is 10.2. The third-order valence-corrected chi connectivity index (χ3v) is 7.67. The van der Waals surface area contributed by atoms with Crippen molar-refractivity contribution in [2.45, 2.75) is 50.9 Å². The number of rotatable bonds is 18. The highest BCUT2D eigenvalue weighted by atomic mass is 32.2. The van der Waals surface area contributed by atoms with E-state index in [-0.39, 0.29) is 11.9 Å². The van der Waals surface area contributed by atoms with E-state index in [0.717, 1.165) is 61.3 Å². The molecule has 2 aromatic heterocycles. The average Bonchev–Trinajstić information content (AvgIpc) is 3.58. The van der Waals surface area contributed by atoms with Gasteiger partial charge in [0.15, 0.2) is 22.2 Å². The first-order valence-corrected chi connectivity index (χ1v) is 16.2. The van der Waals surface area contributed by atoms with Gasteiger partial charge in [-0.3, -0.25) is 9.44 Å². The number of thiazole rings is 2. The number of unbranched alkanes of at least 4 members (excludes halogenated alkanes) is 2. The van der Waals surface area contributed by atoms with Crippen LogP contribution in [0.5, 0.6) is 0 Å². The number of urea groups is 1. The van der Waals surface area contributed by atoms with Crippen LogP contribution in [0.15, 0.2) is 20.7 Å². The minimum absolute atomic E-state index is 0.350. The molecule has 0 unspecified atom stereocenters. The molecule has 0 bridgehead atoms. The van der Waals surface area contributed by atoms with Crippen LogP contribution in [0.4, 0.5) is 41.4 Å². The number of carbonyl (C=O) groups is 1. The van der Waals surface area contributed by atoms with Crippen LogP contribution in [0.25, 0.3) is 0 Å². The Morgan fingerprint density at radius 2 is 1.16 bits per heavy atom. The summed E-state index contributed by atoms with van der Waals surface area (Å²) >= 11 is 4.53. The van der Waals surface area contributed by atoms with Crippen LogP contribution in [0.2, 0.25) is 0 Å². The highest BCUT2D eigenvalue weighted by Crippen LogP contribution is 2.19. The Morgan fingerprint density at radius 3 is 1.55 bits per heavy atom. The molecule has 2 amide bonds. The quantitative estimate of drug-likeness (QED) is 0.0365. The van der Waals surface area contributed by atoms with E-state index in [4.69, 9.17) is 11.5 Å². The van der Waals surface area contributed by atoms with Gasteiger partial charge in [-0.15, -0.1) is 22.7 Å². The first-order valence-electron chi connectivity index (χ1n) is 12.8. The Kier molecular flexibility index (Phi) is 16.7. The highest BCUT2D eigenvalue weighted by molar-refractivity contribution is 7.97. The van der Waals surface area contributed by atoms with Crippen LogP contribution >= 0.6 is 46.9 Å². The second kappa shape index (κ2) is 19.6. The van der Waals surface area contributed by atoms with Crippen molar-refractivity contribution < 1.29 is 31.1 Å². The van der Waals surface area contributed by atoms with Crippen molar-refractivity contribution in [3.05, 3.63) is 22.1 Å². The number of halogens is 6. The highest BCUT2D eigenvalue weighted by Gasteiger charge is 2.27. The molecule has 0 saturated carbocycles. The zero-order valence-corrected chi connectivity index (χ0v) is 26.2. The largest absolute Gasteiger partial charge is 0.408 e. The van der Waals surface area contributed by atoms with E-state index >= 15 is 0 Å². The molecule has 10 N–H and O–H groups in total. The summed E-state index contributed by atoms with van der Waals surface area (Å²) in [4.78, 5) is 26.8. The number of nitrogens with one attached hydrogen (secondary N) is 6. The van der Waals surface area contributed by atoms with Gasteiger partial charge in [-0.1, -0.05) is 0 Å². The number of nitrogens with zero attached hydrogens (tertiary/aromatic N) is 4. The maximum absolute atomic E-state index is 12.2. The average molecular weight is 711 g/mol. The monoisotopic (exact) mass is 710 g/mol. The fourth-order valence-corrected chi connectivity index (χ4v) is 5.39. The Balaban J connectivity index is 1.43. The fourth-order valence-electron chi connectivity index (χ4n) is 2.90. The second-order valence-electron chi connectivity index (χ2n) is 8.61. The van der Waals surface area contributed by atoms with Crippen LogP contribution < -0.4 is 41.0 Å². The van der Waals surface area contributed by atoms with Crippen molar-refractivity contribution in [2.75, 3.05) is 36.8 Å². The van der Waals surface area contributed by atoms with Gasteiger partial charge >= 0.3 is 18.4 Å². The molecule has 13 nitrogen and oxygen atoms in total. The number of carbonyl (C=O) groups excluding carboxylic acids is 1. The SMILES string of the molecule is NC(=NCC(F)(F)F)Nc1nc(CCCCNSNC(=O)NSNCCCCc2csc(NC(N)=NCC(F)(F)F)n2)cs1. The maximum atomic E-state index is 12.2. The number of hydrogen-bond donors (Lipinski definition) is 8. The first-order chi connectivity index (χ1) is 20.8. The number of amides is 2. The van der Waals surface area contributed by atoms with Gasteiger partial charge in [-0.2, -0.15) is 26.3 Å². The molecule has 44 heavy (non-hydrogen) atoms. The number of aromatic nitrogens is 2. The summed E-state index contributed by atoms with van der Waals surface area (Å²) in [5.41, 5.74) is 12.4. The Hall–Kier alpha value is -2.73. The Morgan fingerprint density at radius 1 is 0.750 bits per heavy atom. The number of aliphatic imine (C=N–C) groups is 2. The van der Waals surface area contributed by atoms with Crippen molar-refractivity contribution in [3.8, 4) is 0 Å². The lowest BCUT2D eigenvalue weighted by molar-refractivity contribution is -0.119. The molecule has 2 heterocycles. The summed E-state index contributed by atoms with van der Waals surface area (Å²) in [5, 5.41) is 9.40. The zero-order chi connectivity index (χ0) is 32.4. The van der Waals surface area contributed by atoms with E-state index in [1.165, 1.54) is 22.7 Å². The van der Waals surface area contributed by atoms with Gasteiger partial charge in [0, 0.05) is 48.1 Å². The van der Waals surface area contributed by atoms with E-state index < -0.39 is 31.5 Å². The lowest BCUT2D eigenvalue weighted by Crippen LogP contribution is -2.31. The van der Waals surface area contributed by atoms with E-state index in [1.807, 2.05) is 0 Å². The molecule has 0 aliphatic carbocycles. The molecule has 0 aromatic carbocycles. The minimum Gasteiger partial charge on any atom is -0.370 e. The first kappa shape index (κ1) is 37.5. The molecule has 0 saturated heterocycles. The summed E-state index contributed by atoms with van der Waals surface area (Å²) < 4.78 is 84.3. The number of aryl methyl sites for hydroxylation is 2. The normalized spacial score (nSPS) is 12.8. The molecule has 0 fully saturated rings. The molecule has 2 rings (SSSR count). The van der Waals surface area contributed by atoms with Crippen LogP contribution in [-0.2, 0) is 12.8 Å². The summed E-state index contributed by atoms with van der Waals surface area (Å²) in [6.45, 7) is -1.48. The van der Waals surface area contributed by atoms with Gasteiger partial charge in [0.1, 0.15) is 13.1 Å². The third kappa shape index (κ3) is 18.8. The standard InChI is InChI=1S/C21H32F6N12OS4/c22-20(23,24)11-30-15(28)36-18-34-13(9-41-18)5-1-3-7-32-43-38-17(40)39-44-33-8-4-2-6-14-10-42-19(35-14)37-16(29)31-12-21(25,26)27/h9-10,32-33H,1-8,11-12H2,(H2,38,39,40)(H3,28,30,34,36)(H3,29,31,35,37). The number of alkyl halides is 6. The van der Waals surface area contributed by atoms with Gasteiger partial charge in [0.2, 0.25) is 0 Å². The molecule has 0 aliphatic heterocycles. The Bertz CT molecular complexity index is 1100. The van der Waals surface area contributed by atoms with E-state index in [9.17, 15) is 31.1 Å². The molecule has 0 atom stereocenters. The third-order valence-electron chi connectivity index (χ3n) is 4.79. The van der Waals surface area contributed by atoms with Gasteiger partial charge in [0.25, 0.3) is 0 Å². The summed E-state index contributed by atoms with van der Waals surface area (Å²) in [5.74, 6) is -0.699. The van der Waals surface area contributed by atoms with Crippen LogP contribution in [0, 0.1) is 0 Å². The molecule has 0 spiro atoms. The van der Waals surface area contributed by atoms with Crippen molar-refractivity contribution >= 4 is 75.2 Å². The Labute approximate surface area is 265 Å². The minimum atomic E-state index is -4.43. The topological polar surface area (TPSA) is 192 Å². The molecule has 248 valence electrons. The summed E-state index contributed by atoms with van der Waals surface area (Å²) in [6.07, 6.45) is -4.32. The van der Waals surface area contributed by atoms with Crippen LogP contribution in [0.1, 0.15) is 37.1 Å². The molecule has 0 aliphatic rings. The van der Waals surface area contributed by atoms with E-state index in [2.05, 4.69) is 49.5 Å². The number of anilines is 2. The van der Waals surface area contributed by atoms with Crippen LogP contribution in [0.3, 0.4) is 0 Å². The van der Waals surface area contributed by atoms with Gasteiger partial charge < -0.3 is 22.1 Å². The predicted molar refractivity (Wildman–Crippen MR) is 165 cm³/mol. The van der Waals surface area contributed by atoms with Gasteiger partial charge in [-0.05, 0) is 38.5 Å². The van der Waals surface area contributed by atoms with Crippen molar-refractivity contribution in [1.29, 1.82) is 0 Å². The molecule has 0 radical (unpaired) electrons. The van der Waals surface area contributed by atoms with Gasteiger partial charge in [-0.25, -0.2) is 34.2 Å². The molecule has 23 heteroatoms. The second-order valence-corrected chi connectivity index (χ2v) is 11.7. The maximum Gasteiger partial charge on any atom is 0.408 e. The van der Waals surface area contributed by atoms with E-state index in [1.54, 1.807) is 10.8 Å². The van der Waals surface area contributed by atoms with Crippen molar-refractivity contribution in [3.63, 3.8) is 0 Å². The fraction of sp³-hybridized carbons (Fsp3) is 0.571. The van der Waals surface area contributed by atoms with Crippen LogP contribution in [-0.4, -0.2) is 66.4 Å². The summed E-state index contributed by atoms with van der Waals surface area (Å²) in [6, 6.07) is -0.402. The number of guanidine groups is 2. The van der Waals surface area contributed by atoms with E-state index in [0.29, 0.717) is 36.2 Å². The predicted octanol–water partition coefficient (Wildman–Crippen LogP) is 4.13. The molecule has 2 aromatic rings.